The number of halogens is 2. The van der Waals surface area contributed by atoms with Gasteiger partial charge in [0.05, 0.1) is 0 Å². The summed E-state index contributed by atoms with van der Waals surface area (Å²) in [6, 6.07) is 9.75. The van der Waals surface area contributed by atoms with Crippen molar-refractivity contribution >= 4 is 28.3 Å². The van der Waals surface area contributed by atoms with Crippen LogP contribution in [-0.4, -0.2) is 6.04 Å². The molecule has 0 amide bonds. The highest BCUT2D eigenvalue weighted by Gasteiger charge is 2.23. The molecule has 1 saturated carbocycles. The molecule has 0 spiro atoms. The Kier molecular flexibility index (Phi) is 4.42. The molecule has 1 atom stereocenters. The maximum absolute atomic E-state index is 3.58. The van der Waals surface area contributed by atoms with Crippen LogP contribution < -0.4 is 5.32 Å². The molecule has 0 saturated heterocycles. The van der Waals surface area contributed by atoms with Crippen LogP contribution >= 0.6 is 28.3 Å². The van der Waals surface area contributed by atoms with Crippen LogP contribution in [-0.2, 0) is 0 Å². The molecular weight excluding hydrogens is 261 g/mol. The number of nitrogens with one attached hydrogen (secondary N) is 1. The van der Waals surface area contributed by atoms with Crippen LogP contribution in [0.15, 0.2) is 28.7 Å². The fourth-order valence-corrected chi connectivity index (χ4v) is 1.89. The molecule has 0 aliphatic heterocycles. The Balaban J connectivity index is 0.000000980. The van der Waals surface area contributed by atoms with Gasteiger partial charge < -0.3 is 5.32 Å². The van der Waals surface area contributed by atoms with Crippen molar-refractivity contribution in [3.63, 3.8) is 0 Å². The third kappa shape index (κ3) is 3.26. The van der Waals surface area contributed by atoms with Crippen LogP contribution in [0.4, 0.5) is 0 Å². The second kappa shape index (κ2) is 5.15. The van der Waals surface area contributed by atoms with Crippen molar-refractivity contribution < 1.29 is 0 Å². The largest absolute Gasteiger partial charge is 0.307 e. The summed E-state index contributed by atoms with van der Waals surface area (Å²) >= 11 is 3.48. The number of rotatable bonds is 3. The topological polar surface area (TPSA) is 12.0 Å². The van der Waals surface area contributed by atoms with E-state index in [0.29, 0.717) is 6.04 Å². The highest BCUT2D eigenvalue weighted by molar-refractivity contribution is 9.10. The van der Waals surface area contributed by atoms with Crippen LogP contribution in [0.25, 0.3) is 0 Å². The fourth-order valence-electron chi connectivity index (χ4n) is 1.48. The average molecular weight is 277 g/mol. The lowest BCUT2D eigenvalue weighted by molar-refractivity contribution is 0.571. The first-order valence-electron chi connectivity index (χ1n) is 4.77. The van der Waals surface area contributed by atoms with E-state index in [1.54, 1.807) is 0 Å². The van der Waals surface area contributed by atoms with Crippen molar-refractivity contribution in [1.82, 2.24) is 5.32 Å². The van der Waals surface area contributed by atoms with Gasteiger partial charge in [-0.1, -0.05) is 28.1 Å². The Morgan fingerprint density at radius 3 is 2.71 bits per heavy atom. The predicted molar refractivity (Wildman–Crippen MR) is 66.0 cm³/mol. The van der Waals surface area contributed by atoms with Gasteiger partial charge >= 0.3 is 0 Å². The van der Waals surface area contributed by atoms with Gasteiger partial charge in [-0.05, 0) is 37.5 Å². The van der Waals surface area contributed by atoms with Gasteiger partial charge in [-0.3, -0.25) is 0 Å². The van der Waals surface area contributed by atoms with Crippen LogP contribution in [0, 0.1) is 0 Å². The van der Waals surface area contributed by atoms with Crippen molar-refractivity contribution in [2.24, 2.45) is 0 Å². The van der Waals surface area contributed by atoms with E-state index >= 15 is 0 Å². The Morgan fingerprint density at radius 1 is 1.43 bits per heavy atom. The molecule has 0 radical (unpaired) electrons. The molecular formula is C11H15BrClN. The summed E-state index contributed by atoms with van der Waals surface area (Å²) in [5.74, 6) is 0. The zero-order valence-electron chi connectivity index (χ0n) is 8.16. The van der Waals surface area contributed by atoms with E-state index in [2.05, 4.69) is 52.4 Å². The molecule has 0 bridgehead atoms. The van der Waals surface area contributed by atoms with Gasteiger partial charge in [-0.15, -0.1) is 12.4 Å². The standard InChI is InChI=1S/C11H14BrN.ClH/c1-8(13-11-5-6-11)9-3-2-4-10(12)7-9;/h2-4,7-8,11,13H,5-6H2,1H3;1H/t8-;/m1./s1. The van der Waals surface area contributed by atoms with Crippen molar-refractivity contribution in [3.05, 3.63) is 34.3 Å². The van der Waals surface area contributed by atoms with E-state index in [1.807, 2.05) is 0 Å². The first-order valence-corrected chi connectivity index (χ1v) is 5.56. The molecule has 1 nitrogen and oxygen atoms in total. The summed E-state index contributed by atoms with van der Waals surface area (Å²) in [5, 5.41) is 3.58. The normalized spacial score (nSPS) is 17.3. The highest BCUT2D eigenvalue weighted by Crippen LogP contribution is 2.25. The second-order valence-electron chi connectivity index (χ2n) is 3.72. The smallest absolute Gasteiger partial charge is 0.0294 e. The van der Waals surface area contributed by atoms with Crippen LogP contribution in [0.2, 0.25) is 0 Å². The molecule has 0 unspecified atom stereocenters. The zero-order chi connectivity index (χ0) is 9.26. The zero-order valence-corrected chi connectivity index (χ0v) is 10.6. The monoisotopic (exact) mass is 275 g/mol. The number of hydrogen-bond donors (Lipinski definition) is 1. The number of hydrogen-bond acceptors (Lipinski definition) is 1. The molecule has 1 aromatic carbocycles. The van der Waals surface area contributed by atoms with Gasteiger partial charge in [0.25, 0.3) is 0 Å². The summed E-state index contributed by atoms with van der Waals surface area (Å²) in [6.07, 6.45) is 2.69. The SMILES string of the molecule is C[C@@H](NC1CC1)c1cccc(Br)c1.Cl. The Labute approximate surface area is 99.8 Å². The predicted octanol–water partition coefficient (Wildman–Crippen LogP) is 3.68. The summed E-state index contributed by atoms with van der Waals surface area (Å²) in [6.45, 7) is 2.22. The quantitative estimate of drug-likeness (QED) is 0.888. The third-order valence-electron chi connectivity index (χ3n) is 2.41. The Morgan fingerprint density at radius 2 is 2.14 bits per heavy atom. The van der Waals surface area contributed by atoms with Gasteiger partial charge in [-0.25, -0.2) is 0 Å². The lowest BCUT2D eigenvalue weighted by atomic mass is 10.1. The van der Waals surface area contributed by atoms with Crippen LogP contribution in [0.5, 0.6) is 0 Å². The second-order valence-corrected chi connectivity index (χ2v) is 4.63. The van der Waals surface area contributed by atoms with E-state index in [4.69, 9.17) is 0 Å². The molecule has 1 aromatic rings. The summed E-state index contributed by atoms with van der Waals surface area (Å²) in [7, 11) is 0. The van der Waals surface area contributed by atoms with Gasteiger partial charge in [0.15, 0.2) is 0 Å². The molecule has 0 aromatic heterocycles. The maximum atomic E-state index is 3.58. The molecule has 3 heteroatoms. The van der Waals surface area contributed by atoms with E-state index in [-0.39, 0.29) is 12.4 Å². The van der Waals surface area contributed by atoms with Crippen molar-refractivity contribution in [3.8, 4) is 0 Å². The maximum Gasteiger partial charge on any atom is 0.0294 e. The number of benzene rings is 1. The van der Waals surface area contributed by atoms with Gasteiger partial charge in [0.2, 0.25) is 0 Å². The molecule has 1 aliphatic rings. The minimum absolute atomic E-state index is 0. The van der Waals surface area contributed by atoms with Crippen molar-refractivity contribution in [1.29, 1.82) is 0 Å². The van der Waals surface area contributed by atoms with E-state index in [0.717, 1.165) is 10.5 Å². The van der Waals surface area contributed by atoms with Crippen molar-refractivity contribution in [2.75, 3.05) is 0 Å². The van der Waals surface area contributed by atoms with Crippen LogP contribution in [0.3, 0.4) is 0 Å². The molecule has 14 heavy (non-hydrogen) atoms. The molecule has 0 heterocycles. The molecule has 2 rings (SSSR count). The van der Waals surface area contributed by atoms with Gasteiger partial charge in [0.1, 0.15) is 0 Å². The van der Waals surface area contributed by atoms with E-state index < -0.39 is 0 Å². The fraction of sp³-hybridized carbons (Fsp3) is 0.455. The lowest BCUT2D eigenvalue weighted by Crippen LogP contribution is -2.20. The minimum Gasteiger partial charge on any atom is -0.307 e. The third-order valence-corrected chi connectivity index (χ3v) is 2.90. The molecule has 78 valence electrons. The van der Waals surface area contributed by atoms with Crippen LogP contribution in [0.1, 0.15) is 31.4 Å². The average Bonchev–Trinajstić information content (AvgIpc) is 2.88. The highest BCUT2D eigenvalue weighted by atomic mass is 79.9. The summed E-state index contributed by atoms with van der Waals surface area (Å²) in [5.41, 5.74) is 1.36. The first-order chi connectivity index (χ1) is 6.25. The lowest BCUT2D eigenvalue weighted by Gasteiger charge is -2.13. The van der Waals surface area contributed by atoms with Crippen molar-refractivity contribution in [2.45, 2.75) is 31.8 Å². The van der Waals surface area contributed by atoms with Gasteiger partial charge in [0, 0.05) is 16.6 Å². The minimum atomic E-state index is 0. The first kappa shape index (κ1) is 12.0. The molecule has 1 fully saturated rings. The Bertz CT molecular complexity index is 299. The Hall–Kier alpha value is -0.0500. The summed E-state index contributed by atoms with van der Waals surface area (Å²) in [4.78, 5) is 0. The van der Waals surface area contributed by atoms with E-state index in [1.165, 1.54) is 18.4 Å². The van der Waals surface area contributed by atoms with Gasteiger partial charge in [-0.2, -0.15) is 0 Å². The summed E-state index contributed by atoms with van der Waals surface area (Å²) < 4.78 is 1.16. The van der Waals surface area contributed by atoms with E-state index in [9.17, 15) is 0 Å². The molecule has 1 N–H and O–H groups in total. The molecule has 1 aliphatic carbocycles.